The molecule has 0 radical (unpaired) electrons. The highest BCUT2D eigenvalue weighted by Gasteiger charge is 2.41. The van der Waals surface area contributed by atoms with Gasteiger partial charge in [-0.1, -0.05) is 19.6 Å². The number of nitrogens with zero attached hydrogens (tertiary/aromatic N) is 5. The van der Waals surface area contributed by atoms with E-state index in [1.807, 2.05) is 10.8 Å². The lowest BCUT2D eigenvalue weighted by atomic mass is 10.2. The van der Waals surface area contributed by atoms with Gasteiger partial charge in [0.05, 0.1) is 11.9 Å². The van der Waals surface area contributed by atoms with Crippen LogP contribution in [-0.2, 0) is 16.3 Å². The zero-order valence-electron chi connectivity index (χ0n) is 17.1. The van der Waals surface area contributed by atoms with Gasteiger partial charge in [-0.2, -0.15) is 18.3 Å². The van der Waals surface area contributed by atoms with Crippen LogP contribution in [0.3, 0.4) is 0 Å². The van der Waals surface area contributed by atoms with Crippen LogP contribution in [0.25, 0.3) is 22.3 Å². The molecule has 30 heavy (non-hydrogen) atoms. The molecule has 0 N–H and O–H groups in total. The largest absolute Gasteiger partial charge is 0.411 e. The Bertz CT molecular complexity index is 1010. The molecule has 0 saturated heterocycles. The molecule has 0 aromatic carbocycles. The molecule has 0 aliphatic carbocycles. The lowest BCUT2D eigenvalue weighted by Crippen LogP contribution is -2.27. The minimum Gasteiger partial charge on any atom is -0.361 e. The Hall–Kier alpha value is -2.53. The van der Waals surface area contributed by atoms with E-state index in [0.29, 0.717) is 35.6 Å². The van der Waals surface area contributed by atoms with Gasteiger partial charge in [0.1, 0.15) is 25.0 Å². The average molecular weight is 440 g/mol. The summed E-state index contributed by atoms with van der Waals surface area (Å²) < 4.78 is 48.0. The molecule has 0 spiro atoms. The molecule has 0 aliphatic heterocycles. The third-order valence-corrected chi connectivity index (χ3v) is 6.38. The fraction of sp³-hybridized carbons (Fsp3) is 0.474. The van der Waals surface area contributed by atoms with Crippen LogP contribution in [0.4, 0.5) is 13.2 Å². The van der Waals surface area contributed by atoms with Crippen LogP contribution in [0.5, 0.6) is 0 Å². The topological polar surface area (TPSA) is 74.8 Å². The summed E-state index contributed by atoms with van der Waals surface area (Å²) >= 11 is 0. The summed E-state index contributed by atoms with van der Waals surface area (Å²) in [5, 5.41) is 4.51. The average Bonchev–Trinajstić information content (AvgIpc) is 3.28. The van der Waals surface area contributed by atoms with Crippen LogP contribution in [0.15, 0.2) is 31.0 Å². The Labute approximate surface area is 172 Å². The van der Waals surface area contributed by atoms with Crippen molar-refractivity contribution < 1.29 is 22.7 Å². The third kappa shape index (κ3) is 5.14. The molecular formula is C19H24F3N5O2Si. The first-order valence-electron chi connectivity index (χ1n) is 9.52. The number of hydrogen-bond acceptors (Lipinski definition) is 5. The van der Waals surface area contributed by atoms with Crippen LogP contribution in [0, 0.1) is 0 Å². The van der Waals surface area contributed by atoms with Gasteiger partial charge < -0.3 is 14.1 Å². The molecule has 162 valence electrons. The molecule has 0 aliphatic rings. The number of fused-ring (bicyclic) bond motifs is 1. The van der Waals surface area contributed by atoms with E-state index in [1.165, 1.54) is 18.7 Å². The Morgan fingerprint density at radius 1 is 1.27 bits per heavy atom. The molecule has 11 heteroatoms. The lowest BCUT2D eigenvalue weighted by Gasteiger charge is -2.18. The van der Waals surface area contributed by atoms with E-state index in [2.05, 4.69) is 34.7 Å². The molecule has 3 heterocycles. The highest BCUT2D eigenvalue weighted by molar-refractivity contribution is 6.76. The summed E-state index contributed by atoms with van der Waals surface area (Å²) in [6, 6.07) is 0.842. The maximum Gasteiger partial charge on any atom is 0.411 e. The minimum absolute atomic E-state index is 0.241. The zero-order chi connectivity index (χ0) is 21.9. The quantitative estimate of drug-likeness (QED) is 0.282. The predicted octanol–water partition coefficient (Wildman–Crippen LogP) is 4.30. The molecule has 3 aromatic rings. The Morgan fingerprint density at radius 3 is 2.70 bits per heavy atom. The number of aldehydes is 1. The van der Waals surface area contributed by atoms with E-state index >= 15 is 0 Å². The fourth-order valence-corrected chi connectivity index (χ4v) is 3.75. The number of carbonyl (C=O) groups excluding carboxylic acids is 1. The molecule has 3 aromatic heterocycles. The number of rotatable bonds is 9. The summed E-state index contributed by atoms with van der Waals surface area (Å²) in [6.45, 7) is 7.83. The molecule has 0 amide bonds. The first-order chi connectivity index (χ1) is 14.1. The van der Waals surface area contributed by atoms with Gasteiger partial charge in [0.25, 0.3) is 0 Å². The van der Waals surface area contributed by atoms with Crippen molar-refractivity contribution in [2.75, 3.05) is 6.61 Å². The first-order valence-corrected chi connectivity index (χ1v) is 13.2. The molecular weight excluding hydrogens is 415 g/mol. The van der Waals surface area contributed by atoms with Crippen LogP contribution in [0.1, 0.15) is 12.5 Å². The second-order valence-electron chi connectivity index (χ2n) is 8.26. The van der Waals surface area contributed by atoms with Crippen LogP contribution in [-0.4, -0.2) is 51.5 Å². The number of alkyl halides is 3. The summed E-state index contributed by atoms with van der Waals surface area (Å²) in [6.07, 6.45) is 0.701. The van der Waals surface area contributed by atoms with Gasteiger partial charge in [0.15, 0.2) is 6.04 Å². The van der Waals surface area contributed by atoms with Crippen molar-refractivity contribution >= 4 is 25.4 Å². The normalized spacial score (nSPS) is 13.7. The van der Waals surface area contributed by atoms with Crippen molar-refractivity contribution in [3.63, 3.8) is 0 Å². The smallest absolute Gasteiger partial charge is 0.361 e. The zero-order valence-corrected chi connectivity index (χ0v) is 18.1. The van der Waals surface area contributed by atoms with Crippen LogP contribution < -0.4 is 0 Å². The second kappa shape index (κ2) is 8.68. The van der Waals surface area contributed by atoms with Gasteiger partial charge >= 0.3 is 6.18 Å². The van der Waals surface area contributed by atoms with Crippen molar-refractivity contribution in [3.05, 3.63) is 31.0 Å². The molecule has 1 atom stereocenters. The molecule has 0 unspecified atom stereocenters. The first kappa shape index (κ1) is 22.2. The van der Waals surface area contributed by atoms with Gasteiger partial charge in [-0.25, -0.2) is 9.97 Å². The molecule has 3 rings (SSSR count). The van der Waals surface area contributed by atoms with Gasteiger partial charge in [-0.15, -0.1) is 0 Å². The fourth-order valence-electron chi connectivity index (χ4n) is 2.99. The van der Waals surface area contributed by atoms with Crippen LogP contribution >= 0.6 is 0 Å². The second-order valence-corrected chi connectivity index (χ2v) is 13.9. The number of aromatic nitrogens is 5. The van der Waals surface area contributed by atoms with Gasteiger partial charge in [-0.05, 0) is 12.1 Å². The summed E-state index contributed by atoms with van der Waals surface area (Å²) in [4.78, 5) is 19.2. The van der Waals surface area contributed by atoms with Gasteiger partial charge in [-0.3, -0.25) is 4.68 Å². The monoisotopic (exact) mass is 439 g/mol. The van der Waals surface area contributed by atoms with E-state index in [1.54, 1.807) is 6.07 Å². The Balaban J connectivity index is 1.83. The van der Waals surface area contributed by atoms with Gasteiger partial charge in [0, 0.05) is 44.4 Å². The highest BCUT2D eigenvalue weighted by Crippen LogP contribution is 2.34. The molecule has 7 nitrogen and oxygen atoms in total. The molecule has 0 fully saturated rings. The predicted molar refractivity (Wildman–Crippen MR) is 109 cm³/mol. The lowest BCUT2D eigenvalue weighted by molar-refractivity contribution is -0.172. The standard InChI is InChI=1S/C19H24F3N5O2Si/c1-30(2,3)9-8-29-13-26-6-4-15-17(23-12-24-18(15)26)14-10-25-27(11-14)16(5-7-28)19(20,21)22/h4,6-7,10-12,16H,5,8-9,13H2,1-3H3/t16-/m1/s1. The number of halogens is 3. The SMILES string of the molecule is C[Si](C)(C)CCOCn1ccc2c(-c3cnn([C@H](CC=O)C(F)(F)F)c3)ncnc21. The maximum atomic E-state index is 13.2. The highest BCUT2D eigenvalue weighted by atomic mass is 28.3. The van der Waals surface area contributed by atoms with E-state index in [-0.39, 0.29) is 6.29 Å². The Morgan fingerprint density at radius 2 is 2.03 bits per heavy atom. The Kier molecular flexibility index (Phi) is 6.41. The van der Waals surface area contributed by atoms with Crippen molar-refractivity contribution in [1.29, 1.82) is 0 Å². The summed E-state index contributed by atoms with van der Waals surface area (Å²) in [7, 11) is -1.18. The van der Waals surface area contributed by atoms with Crippen molar-refractivity contribution in [2.24, 2.45) is 0 Å². The van der Waals surface area contributed by atoms with E-state index in [9.17, 15) is 18.0 Å². The minimum atomic E-state index is -4.58. The van der Waals surface area contributed by atoms with E-state index < -0.39 is 26.7 Å². The molecule has 0 saturated carbocycles. The van der Waals surface area contributed by atoms with E-state index in [0.717, 1.165) is 10.7 Å². The van der Waals surface area contributed by atoms with Gasteiger partial charge in [0.2, 0.25) is 0 Å². The number of carbonyl (C=O) groups is 1. The third-order valence-electron chi connectivity index (χ3n) is 4.67. The maximum absolute atomic E-state index is 13.2. The van der Waals surface area contributed by atoms with Crippen LogP contribution in [0.2, 0.25) is 25.7 Å². The molecule has 0 bridgehead atoms. The van der Waals surface area contributed by atoms with Crippen molar-refractivity contribution in [1.82, 2.24) is 24.3 Å². The van der Waals surface area contributed by atoms with Crippen molar-refractivity contribution in [3.8, 4) is 11.3 Å². The number of hydrogen-bond donors (Lipinski definition) is 0. The summed E-state index contributed by atoms with van der Waals surface area (Å²) in [5.74, 6) is 0. The summed E-state index contributed by atoms with van der Waals surface area (Å²) in [5.41, 5.74) is 1.51. The van der Waals surface area contributed by atoms with E-state index in [4.69, 9.17) is 4.74 Å². The van der Waals surface area contributed by atoms with Crippen molar-refractivity contribution in [2.45, 2.75) is 51.1 Å². The number of ether oxygens (including phenoxy) is 1.